The number of hydrogen-bond donors (Lipinski definition) is 0. The fourth-order valence-corrected chi connectivity index (χ4v) is 7.65. The summed E-state index contributed by atoms with van der Waals surface area (Å²) in [6.45, 7) is 0.220. The van der Waals surface area contributed by atoms with Gasteiger partial charge < -0.3 is 23.8 Å². The molecule has 0 bridgehead atoms. The van der Waals surface area contributed by atoms with Crippen molar-refractivity contribution in [1.82, 2.24) is 0 Å². The predicted molar refractivity (Wildman–Crippen MR) is 170 cm³/mol. The molecule has 234 valence electrons. The Bertz CT molecular complexity index is 1850. The Morgan fingerprint density at radius 1 is 1.00 bits per heavy atom. The third-order valence-electron chi connectivity index (χ3n) is 9.32. The number of para-hydroxylation sites is 1. The monoisotopic (exact) mass is 684 g/mol. The maximum absolute atomic E-state index is 15.2. The molecule has 4 aromatic rings. The standard InChI is InChI=1S/C35H29BrN2O8/c1-43-24-16-17-28-25(18-24)32-34(38(41)42,29(45-28)19-30(39)44-2)31(22-12-14-23(36)15-13-22)35(46-32)26-10-6-7-11-27(26)37(33(35)40)20-21-8-4-3-5-9-21/h3-18,29,31-32H,19-20H2,1-2H3/t29-,31+,32+,34-,35-/m1/s1. The molecule has 7 rings (SSSR count). The van der Waals surface area contributed by atoms with Crippen LogP contribution in [-0.2, 0) is 31.2 Å². The number of esters is 1. The molecule has 1 saturated heterocycles. The summed E-state index contributed by atoms with van der Waals surface area (Å²) in [6, 6.07) is 28.7. The summed E-state index contributed by atoms with van der Waals surface area (Å²) >= 11 is 3.48. The van der Waals surface area contributed by atoms with Gasteiger partial charge in [0.2, 0.25) is 0 Å². The van der Waals surface area contributed by atoms with Gasteiger partial charge in [-0.2, -0.15) is 0 Å². The summed E-state index contributed by atoms with van der Waals surface area (Å²) in [5, 5.41) is 13.9. The minimum atomic E-state index is -2.16. The molecule has 0 aliphatic carbocycles. The largest absolute Gasteiger partial charge is 0.497 e. The lowest BCUT2D eigenvalue weighted by Gasteiger charge is -2.41. The number of halogens is 1. The van der Waals surface area contributed by atoms with E-state index in [9.17, 15) is 14.9 Å². The average molecular weight is 686 g/mol. The zero-order valence-electron chi connectivity index (χ0n) is 24.9. The molecule has 0 radical (unpaired) electrons. The van der Waals surface area contributed by atoms with Crippen molar-refractivity contribution in [1.29, 1.82) is 0 Å². The maximum atomic E-state index is 15.2. The van der Waals surface area contributed by atoms with Crippen LogP contribution in [0.15, 0.2) is 102 Å². The van der Waals surface area contributed by atoms with Gasteiger partial charge in [-0.25, -0.2) is 0 Å². The van der Waals surface area contributed by atoms with E-state index in [0.29, 0.717) is 33.9 Å². The Labute approximate surface area is 273 Å². The van der Waals surface area contributed by atoms with Crippen molar-refractivity contribution in [3.8, 4) is 11.5 Å². The number of fused-ring (bicyclic) bond motifs is 5. The molecule has 1 spiro atoms. The van der Waals surface area contributed by atoms with Crippen molar-refractivity contribution in [2.24, 2.45) is 0 Å². The van der Waals surface area contributed by atoms with Gasteiger partial charge in [0.1, 0.15) is 17.4 Å². The SMILES string of the molecule is COC(=O)C[C@H]1Oc2ccc(OC)cc2[C@@H]2O[C@@]3(C(=O)N(Cc4ccccc4)c4ccccc43)[C@@H](c3ccc(Br)cc3)[C@]12[N+](=O)[O-]. The molecule has 5 atom stereocenters. The van der Waals surface area contributed by atoms with Gasteiger partial charge in [0.25, 0.3) is 11.4 Å². The van der Waals surface area contributed by atoms with Crippen LogP contribution < -0.4 is 14.4 Å². The van der Waals surface area contributed by atoms with E-state index in [2.05, 4.69) is 15.9 Å². The third-order valence-corrected chi connectivity index (χ3v) is 9.85. The topological polar surface area (TPSA) is 117 Å². The number of amides is 1. The smallest absolute Gasteiger partial charge is 0.309 e. The number of anilines is 1. The van der Waals surface area contributed by atoms with Gasteiger partial charge in [0.15, 0.2) is 17.8 Å². The average Bonchev–Trinajstić information content (AvgIpc) is 3.53. The minimum absolute atomic E-state index is 0.220. The zero-order chi connectivity index (χ0) is 32.2. The number of hydrogen-bond acceptors (Lipinski definition) is 8. The first-order chi connectivity index (χ1) is 22.2. The lowest BCUT2D eigenvalue weighted by molar-refractivity contribution is -0.593. The van der Waals surface area contributed by atoms with E-state index >= 15 is 4.79 Å². The Morgan fingerprint density at radius 2 is 1.72 bits per heavy atom. The van der Waals surface area contributed by atoms with E-state index in [4.69, 9.17) is 18.9 Å². The van der Waals surface area contributed by atoms with Gasteiger partial charge in [-0.05, 0) is 47.5 Å². The summed E-state index contributed by atoms with van der Waals surface area (Å²) < 4.78 is 24.7. The molecule has 3 heterocycles. The number of ether oxygens (including phenoxy) is 4. The molecule has 1 amide bonds. The number of nitrogens with zero attached hydrogens (tertiary/aromatic N) is 2. The van der Waals surface area contributed by atoms with E-state index in [1.807, 2.05) is 42.5 Å². The van der Waals surface area contributed by atoms with E-state index in [0.717, 1.165) is 10.0 Å². The molecule has 0 N–H and O–H groups in total. The Kier molecular flexibility index (Phi) is 7.32. The van der Waals surface area contributed by atoms with Crippen LogP contribution in [0.5, 0.6) is 11.5 Å². The lowest BCUT2D eigenvalue weighted by atomic mass is 9.63. The van der Waals surface area contributed by atoms with E-state index < -0.39 is 52.5 Å². The molecule has 3 aliphatic heterocycles. The molecule has 0 aromatic heterocycles. The molecule has 0 saturated carbocycles. The summed E-state index contributed by atoms with van der Waals surface area (Å²) in [7, 11) is 2.71. The molecule has 1 fully saturated rings. The predicted octanol–water partition coefficient (Wildman–Crippen LogP) is 6.09. The second kappa shape index (κ2) is 11.3. The molecule has 0 unspecified atom stereocenters. The number of rotatable bonds is 7. The highest BCUT2D eigenvalue weighted by Crippen LogP contribution is 2.68. The highest BCUT2D eigenvalue weighted by Gasteiger charge is 2.82. The van der Waals surface area contributed by atoms with Crippen LogP contribution in [0.25, 0.3) is 0 Å². The van der Waals surface area contributed by atoms with E-state index in [1.54, 1.807) is 59.5 Å². The molecule has 10 nitrogen and oxygen atoms in total. The van der Waals surface area contributed by atoms with Gasteiger partial charge in [-0.15, -0.1) is 0 Å². The molecule has 11 heteroatoms. The van der Waals surface area contributed by atoms with Crippen LogP contribution in [-0.4, -0.2) is 42.7 Å². The van der Waals surface area contributed by atoms with Crippen molar-refractivity contribution >= 4 is 33.5 Å². The highest BCUT2D eigenvalue weighted by molar-refractivity contribution is 9.10. The first kappa shape index (κ1) is 29.9. The van der Waals surface area contributed by atoms with Crippen LogP contribution in [0.4, 0.5) is 5.69 Å². The molecule has 46 heavy (non-hydrogen) atoms. The summed E-state index contributed by atoms with van der Waals surface area (Å²) in [4.78, 5) is 43.2. The van der Waals surface area contributed by atoms with Crippen LogP contribution in [0.1, 0.15) is 40.7 Å². The number of methoxy groups -OCH3 is 2. The van der Waals surface area contributed by atoms with Gasteiger partial charge in [-0.1, -0.05) is 76.6 Å². The fraction of sp³-hybridized carbons (Fsp3) is 0.257. The number of benzene rings is 4. The molecular formula is C35H29BrN2O8. The number of carbonyl (C=O) groups is 2. The van der Waals surface area contributed by atoms with Crippen molar-refractivity contribution in [2.45, 2.75) is 42.2 Å². The van der Waals surface area contributed by atoms with Crippen molar-refractivity contribution in [3.05, 3.63) is 134 Å². The maximum Gasteiger partial charge on any atom is 0.309 e. The van der Waals surface area contributed by atoms with Gasteiger partial charge in [0.05, 0.1) is 32.9 Å². The van der Waals surface area contributed by atoms with E-state index in [-0.39, 0.29) is 6.54 Å². The Hall–Kier alpha value is -4.74. The molecule has 4 aromatic carbocycles. The van der Waals surface area contributed by atoms with Gasteiger partial charge >= 0.3 is 5.97 Å². The quantitative estimate of drug-likeness (QED) is 0.130. The number of carbonyl (C=O) groups excluding carboxylic acids is 2. The van der Waals surface area contributed by atoms with Crippen LogP contribution in [0.3, 0.4) is 0 Å². The van der Waals surface area contributed by atoms with Crippen molar-refractivity contribution in [2.75, 3.05) is 19.1 Å². The Morgan fingerprint density at radius 3 is 2.41 bits per heavy atom. The van der Waals surface area contributed by atoms with Crippen molar-refractivity contribution < 1.29 is 33.5 Å². The normalized spacial score (nSPS) is 25.8. The van der Waals surface area contributed by atoms with Gasteiger partial charge in [-0.3, -0.25) is 19.7 Å². The molecule has 3 aliphatic rings. The number of nitro groups is 1. The summed E-state index contributed by atoms with van der Waals surface area (Å²) in [5.74, 6) is -1.65. The summed E-state index contributed by atoms with van der Waals surface area (Å²) in [6.07, 6.45) is -3.13. The van der Waals surface area contributed by atoms with Crippen LogP contribution in [0, 0.1) is 10.1 Å². The summed E-state index contributed by atoms with van der Waals surface area (Å²) in [5.41, 5.74) is -1.22. The van der Waals surface area contributed by atoms with Crippen molar-refractivity contribution in [3.63, 3.8) is 0 Å². The minimum Gasteiger partial charge on any atom is -0.497 e. The lowest BCUT2D eigenvalue weighted by Crippen LogP contribution is -2.61. The second-order valence-electron chi connectivity index (χ2n) is 11.5. The van der Waals surface area contributed by atoms with E-state index in [1.165, 1.54) is 14.2 Å². The van der Waals surface area contributed by atoms with Crippen LogP contribution >= 0.6 is 15.9 Å². The van der Waals surface area contributed by atoms with Crippen LogP contribution in [0.2, 0.25) is 0 Å². The first-order valence-electron chi connectivity index (χ1n) is 14.7. The van der Waals surface area contributed by atoms with Gasteiger partial charge in [0, 0.05) is 20.5 Å². The fourth-order valence-electron chi connectivity index (χ4n) is 7.39. The third kappa shape index (κ3) is 4.25. The Balaban J connectivity index is 1.54. The molecular weight excluding hydrogens is 656 g/mol. The first-order valence-corrected chi connectivity index (χ1v) is 15.5. The second-order valence-corrected chi connectivity index (χ2v) is 12.5. The highest BCUT2D eigenvalue weighted by atomic mass is 79.9. The zero-order valence-corrected chi connectivity index (χ0v) is 26.5.